The van der Waals surface area contributed by atoms with Gasteiger partial charge in [-0.1, -0.05) is 17.7 Å². The van der Waals surface area contributed by atoms with Crippen LogP contribution in [0.1, 0.15) is 15.9 Å². The lowest BCUT2D eigenvalue weighted by molar-refractivity contribution is 0.0972. The number of carbonyl (C=O) groups is 1. The minimum absolute atomic E-state index is 0.184. The molecule has 1 aliphatic heterocycles. The Kier molecular flexibility index (Phi) is 3.90. The molecule has 2 aromatic rings. The highest BCUT2D eigenvalue weighted by molar-refractivity contribution is 6.33. The van der Waals surface area contributed by atoms with Crippen LogP contribution in [0.25, 0.3) is 0 Å². The van der Waals surface area contributed by atoms with Gasteiger partial charge in [0.25, 0.3) is 5.91 Å². The number of amides is 1. The second-order valence-corrected chi connectivity index (χ2v) is 5.37. The Labute approximate surface area is 133 Å². The summed E-state index contributed by atoms with van der Waals surface area (Å²) in [6.45, 7) is 2.77. The topological polar surface area (TPSA) is 51.7 Å². The molecule has 114 valence electrons. The van der Waals surface area contributed by atoms with Gasteiger partial charge in [0.05, 0.1) is 24.2 Å². The number of aromatic nitrogens is 1. The molecule has 0 spiro atoms. The van der Waals surface area contributed by atoms with Crippen LogP contribution in [0.3, 0.4) is 0 Å². The molecule has 0 saturated heterocycles. The first-order valence-electron chi connectivity index (χ1n) is 6.85. The van der Waals surface area contributed by atoms with Crippen molar-refractivity contribution in [2.45, 2.75) is 6.92 Å². The Morgan fingerprint density at radius 1 is 1.45 bits per heavy atom. The predicted molar refractivity (Wildman–Crippen MR) is 84.1 cm³/mol. The second-order valence-electron chi connectivity index (χ2n) is 4.96. The molecule has 1 aliphatic rings. The van der Waals surface area contributed by atoms with Gasteiger partial charge in [-0.3, -0.25) is 9.69 Å². The third kappa shape index (κ3) is 2.48. The maximum atomic E-state index is 12.9. The highest BCUT2D eigenvalue weighted by Crippen LogP contribution is 2.34. The van der Waals surface area contributed by atoms with Crippen LogP contribution in [-0.4, -0.2) is 31.2 Å². The number of anilines is 1. The molecule has 0 radical (unpaired) electrons. The van der Waals surface area contributed by atoms with Gasteiger partial charge in [-0.05, 0) is 30.7 Å². The van der Waals surface area contributed by atoms with Crippen LogP contribution in [0.4, 0.5) is 5.69 Å². The van der Waals surface area contributed by atoms with Crippen molar-refractivity contribution in [3.63, 3.8) is 0 Å². The number of fused-ring (bicyclic) bond motifs is 1. The van der Waals surface area contributed by atoms with Crippen molar-refractivity contribution < 1.29 is 14.3 Å². The molecular formula is C16H15ClN2O3. The quantitative estimate of drug-likeness (QED) is 0.854. The van der Waals surface area contributed by atoms with Gasteiger partial charge in [0.2, 0.25) is 5.88 Å². The number of methoxy groups -OCH3 is 1. The molecule has 2 heterocycles. The maximum absolute atomic E-state index is 12.9. The van der Waals surface area contributed by atoms with Crippen molar-refractivity contribution in [1.29, 1.82) is 0 Å². The van der Waals surface area contributed by atoms with Gasteiger partial charge in [-0.25, -0.2) is 4.98 Å². The van der Waals surface area contributed by atoms with Gasteiger partial charge in [0.15, 0.2) is 0 Å². The number of hydrogen-bond acceptors (Lipinski definition) is 4. The zero-order valence-corrected chi connectivity index (χ0v) is 13.1. The van der Waals surface area contributed by atoms with E-state index in [0.29, 0.717) is 41.1 Å². The van der Waals surface area contributed by atoms with Crippen molar-refractivity contribution in [1.82, 2.24) is 4.98 Å². The van der Waals surface area contributed by atoms with E-state index >= 15 is 0 Å². The van der Waals surface area contributed by atoms with Crippen LogP contribution in [0.5, 0.6) is 11.6 Å². The van der Waals surface area contributed by atoms with Crippen molar-refractivity contribution >= 4 is 23.2 Å². The van der Waals surface area contributed by atoms with E-state index in [2.05, 4.69) is 4.98 Å². The minimum Gasteiger partial charge on any atom is -0.494 e. The average molecular weight is 319 g/mol. The zero-order chi connectivity index (χ0) is 15.7. The first-order valence-corrected chi connectivity index (χ1v) is 7.23. The lowest BCUT2D eigenvalue weighted by Gasteiger charge is -2.29. The van der Waals surface area contributed by atoms with Gasteiger partial charge < -0.3 is 9.47 Å². The van der Waals surface area contributed by atoms with Gasteiger partial charge in [-0.15, -0.1) is 0 Å². The fraction of sp³-hybridized carbons (Fsp3) is 0.250. The molecule has 3 rings (SSSR count). The van der Waals surface area contributed by atoms with Gasteiger partial charge in [-0.2, -0.15) is 0 Å². The molecule has 0 aliphatic carbocycles. The number of benzene rings is 1. The second kappa shape index (κ2) is 5.85. The first-order chi connectivity index (χ1) is 10.6. The number of para-hydroxylation sites is 1. The summed E-state index contributed by atoms with van der Waals surface area (Å²) in [5.74, 6) is 0.658. The number of aryl methyl sites for hydroxylation is 1. The molecule has 0 unspecified atom stereocenters. The minimum atomic E-state index is -0.184. The van der Waals surface area contributed by atoms with Crippen molar-refractivity contribution in [3.05, 3.63) is 46.6 Å². The molecule has 1 aromatic heterocycles. The average Bonchev–Trinajstić information content (AvgIpc) is 2.53. The fourth-order valence-electron chi connectivity index (χ4n) is 2.44. The summed E-state index contributed by atoms with van der Waals surface area (Å²) in [4.78, 5) is 18.8. The van der Waals surface area contributed by atoms with E-state index in [1.807, 2.05) is 13.0 Å². The van der Waals surface area contributed by atoms with Crippen LogP contribution < -0.4 is 14.4 Å². The van der Waals surface area contributed by atoms with Crippen LogP contribution in [-0.2, 0) is 0 Å². The van der Waals surface area contributed by atoms with Gasteiger partial charge in [0, 0.05) is 6.20 Å². The summed E-state index contributed by atoms with van der Waals surface area (Å²) in [5, 5.41) is 0.407. The summed E-state index contributed by atoms with van der Waals surface area (Å²) < 4.78 is 10.8. The highest BCUT2D eigenvalue weighted by atomic mass is 35.5. The monoisotopic (exact) mass is 318 g/mol. The molecule has 0 atom stereocenters. The lowest BCUT2D eigenvalue weighted by Crippen LogP contribution is -2.38. The molecule has 0 bridgehead atoms. The standard InChI is InChI=1S/C16H15ClN2O3/c1-10-8-13-15(18-9-10)22-7-6-19(13)16(20)11-4-3-5-12(17)14(11)21-2/h3-5,8-9H,6-7H2,1-2H3. The number of rotatable bonds is 2. The summed E-state index contributed by atoms with van der Waals surface area (Å²) in [6, 6.07) is 7.01. The largest absolute Gasteiger partial charge is 0.494 e. The molecule has 1 aromatic carbocycles. The van der Waals surface area contributed by atoms with E-state index < -0.39 is 0 Å². The summed E-state index contributed by atoms with van der Waals surface area (Å²) in [5.41, 5.74) is 2.04. The van der Waals surface area contributed by atoms with E-state index in [4.69, 9.17) is 21.1 Å². The van der Waals surface area contributed by atoms with E-state index in [1.165, 1.54) is 7.11 Å². The highest BCUT2D eigenvalue weighted by Gasteiger charge is 2.28. The van der Waals surface area contributed by atoms with E-state index in [0.717, 1.165) is 5.56 Å². The van der Waals surface area contributed by atoms with E-state index in [1.54, 1.807) is 29.3 Å². The Morgan fingerprint density at radius 2 is 2.27 bits per heavy atom. The molecule has 0 saturated carbocycles. The Morgan fingerprint density at radius 3 is 3.05 bits per heavy atom. The number of pyridine rings is 1. The molecule has 22 heavy (non-hydrogen) atoms. The molecule has 0 fully saturated rings. The van der Waals surface area contributed by atoms with Crippen molar-refractivity contribution in [2.75, 3.05) is 25.2 Å². The van der Waals surface area contributed by atoms with Crippen molar-refractivity contribution in [3.8, 4) is 11.6 Å². The predicted octanol–water partition coefficient (Wildman–Crippen LogP) is 3.09. The molecule has 1 amide bonds. The van der Waals surface area contributed by atoms with Crippen molar-refractivity contribution in [2.24, 2.45) is 0 Å². The van der Waals surface area contributed by atoms with Crippen LogP contribution in [0.2, 0.25) is 5.02 Å². The summed E-state index contributed by atoms with van der Waals surface area (Å²) in [6.07, 6.45) is 1.72. The van der Waals surface area contributed by atoms with E-state index in [9.17, 15) is 4.79 Å². The van der Waals surface area contributed by atoms with Crippen LogP contribution in [0, 0.1) is 6.92 Å². The smallest absolute Gasteiger partial charge is 0.262 e. The number of carbonyl (C=O) groups excluding carboxylic acids is 1. The zero-order valence-electron chi connectivity index (χ0n) is 12.3. The number of halogens is 1. The summed E-state index contributed by atoms with van der Waals surface area (Å²) >= 11 is 6.11. The van der Waals surface area contributed by atoms with Gasteiger partial charge >= 0.3 is 0 Å². The third-order valence-corrected chi connectivity index (χ3v) is 3.76. The van der Waals surface area contributed by atoms with Gasteiger partial charge in [0.1, 0.15) is 18.0 Å². The lowest BCUT2D eigenvalue weighted by atomic mass is 10.1. The van der Waals surface area contributed by atoms with Crippen LogP contribution >= 0.6 is 11.6 Å². The molecule has 6 heteroatoms. The SMILES string of the molecule is COc1c(Cl)cccc1C(=O)N1CCOc2ncc(C)cc21. The number of ether oxygens (including phenoxy) is 2. The normalized spacial score (nSPS) is 13.3. The summed E-state index contributed by atoms with van der Waals surface area (Å²) in [7, 11) is 1.50. The van der Waals surface area contributed by atoms with Crippen LogP contribution in [0.15, 0.2) is 30.5 Å². The Balaban J connectivity index is 2.05. The molecule has 0 N–H and O–H groups in total. The maximum Gasteiger partial charge on any atom is 0.262 e. The number of nitrogens with zero attached hydrogens (tertiary/aromatic N) is 2. The molecule has 5 nitrogen and oxygen atoms in total. The fourth-order valence-corrected chi connectivity index (χ4v) is 2.69. The number of hydrogen-bond donors (Lipinski definition) is 0. The Bertz CT molecular complexity index is 733. The Hall–Kier alpha value is -2.27. The first kappa shape index (κ1) is 14.7. The van der Waals surface area contributed by atoms with E-state index in [-0.39, 0.29) is 5.91 Å². The molecular weight excluding hydrogens is 304 g/mol. The third-order valence-electron chi connectivity index (χ3n) is 3.46.